The predicted octanol–water partition coefficient (Wildman–Crippen LogP) is 4.96. The highest BCUT2D eigenvalue weighted by molar-refractivity contribution is 6.08. The van der Waals surface area contributed by atoms with Crippen LogP contribution in [0.25, 0.3) is 22.2 Å². The third-order valence-electron chi connectivity index (χ3n) is 4.90. The number of hydrogen-bond donors (Lipinski definition) is 0. The Hall–Kier alpha value is -3.66. The third kappa shape index (κ3) is 2.99. The van der Waals surface area contributed by atoms with Crippen LogP contribution in [0, 0.1) is 0 Å². The maximum Gasteiger partial charge on any atom is 0.338 e. The molecule has 4 aromatic rings. The number of nitrogens with zero attached hydrogens (tertiary/aromatic N) is 1. The molecule has 0 saturated heterocycles. The van der Waals surface area contributed by atoms with Gasteiger partial charge in [0.1, 0.15) is 0 Å². The average molecular weight is 369 g/mol. The fourth-order valence-electron chi connectivity index (χ4n) is 3.65. The van der Waals surface area contributed by atoms with Crippen LogP contribution in [0.3, 0.4) is 0 Å². The third-order valence-corrected chi connectivity index (χ3v) is 4.90. The zero-order valence-corrected chi connectivity index (χ0v) is 15.5. The fourth-order valence-corrected chi connectivity index (χ4v) is 3.65. The van der Waals surface area contributed by atoms with E-state index in [2.05, 4.69) is 4.57 Å². The molecule has 1 heterocycles. The number of benzene rings is 3. The summed E-state index contributed by atoms with van der Waals surface area (Å²) in [7, 11) is 1.36. The molecule has 4 nitrogen and oxygen atoms in total. The molecule has 0 aliphatic carbocycles. The van der Waals surface area contributed by atoms with E-state index in [-0.39, 0.29) is 0 Å². The van der Waals surface area contributed by atoms with E-state index in [1.165, 1.54) is 7.11 Å². The van der Waals surface area contributed by atoms with Gasteiger partial charge >= 0.3 is 5.97 Å². The second kappa shape index (κ2) is 7.53. The molecular formula is C24H19NO3. The van der Waals surface area contributed by atoms with Crippen molar-refractivity contribution < 1.29 is 14.3 Å². The maximum absolute atomic E-state index is 12.4. The Bertz CT molecular complexity index is 1160. The zero-order valence-electron chi connectivity index (χ0n) is 15.5. The number of rotatable bonds is 5. The van der Waals surface area contributed by atoms with Gasteiger partial charge in [0.25, 0.3) is 0 Å². The number of carbonyl (C=O) groups is 2. The minimum absolute atomic E-state index is 0.427. The molecule has 4 heteroatoms. The van der Waals surface area contributed by atoms with Crippen molar-refractivity contribution in [3.8, 4) is 11.3 Å². The van der Waals surface area contributed by atoms with Gasteiger partial charge in [-0.05, 0) is 17.7 Å². The lowest BCUT2D eigenvalue weighted by Gasteiger charge is -2.14. The summed E-state index contributed by atoms with van der Waals surface area (Å²) in [5.41, 5.74) is 4.47. The molecule has 4 rings (SSSR count). The molecule has 0 atom stereocenters. The lowest BCUT2D eigenvalue weighted by atomic mass is 10.0. The fraction of sp³-hybridized carbons (Fsp3) is 0.0833. The molecule has 138 valence electrons. The minimum atomic E-state index is -0.427. The summed E-state index contributed by atoms with van der Waals surface area (Å²) in [4.78, 5) is 24.5. The largest absolute Gasteiger partial charge is 0.465 e. The molecule has 0 radical (unpaired) electrons. The Morgan fingerprint density at radius 3 is 2.36 bits per heavy atom. The van der Waals surface area contributed by atoms with Crippen LogP contribution in [0.15, 0.2) is 78.9 Å². The Morgan fingerprint density at radius 2 is 1.61 bits per heavy atom. The van der Waals surface area contributed by atoms with E-state index in [4.69, 9.17) is 4.74 Å². The number of carbonyl (C=O) groups excluding carboxylic acids is 2. The van der Waals surface area contributed by atoms with E-state index in [0.717, 1.165) is 28.4 Å². The van der Waals surface area contributed by atoms with E-state index < -0.39 is 5.97 Å². The van der Waals surface area contributed by atoms with Gasteiger partial charge in [0.15, 0.2) is 6.29 Å². The zero-order chi connectivity index (χ0) is 19.5. The summed E-state index contributed by atoms with van der Waals surface area (Å²) in [6.07, 6.45) is 0.868. The molecule has 0 spiro atoms. The van der Waals surface area contributed by atoms with E-state index in [0.29, 0.717) is 23.2 Å². The van der Waals surface area contributed by atoms with Gasteiger partial charge in [-0.2, -0.15) is 0 Å². The van der Waals surface area contributed by atoms with Crippen LogP contribution in [-0.2, 0) is 11.3 Å². The molecule has 0 N–H and O–H groups in total. The van der Waals surface area contributed by atoms with Crippen molar-refractivity contribution in [2.75, 3.05) is 7.11 Å². The first-order valence-electron chi connectivity index (χ1n) is 9.02. The van der Waals surface area contributed by atoms with Crippen LogP contribution in [0.1, 0.15) is 26.3 Å². The predicted molar refractivity (Wildman–Crippen MR) is 110 cm³/mol. The molecule has 0 amide bonds. The summed E-state index contributed by atoms with van der Waals surface area (Å²) in [6, 6.07) is 25.1. The number of ether oxygens (including phenoxy) is 1. The second-order valence-corrected chi connectivity index (χ2v) is 6.51. The van der Waals surface area contributed by atoms with Crippen LogP contribution in [-0.4, -0.2) is 23.9 Å². The molecular weight excluding hydrogens is 350 g/mol. The van der Waals surface area contributed by atoms with Crippen LogP contribution in [0.2, 0.25) is 0 Å². The Kier molecular flexibility index (Phi) is 4.77. The number of hydrogen-bond acceptors (Lipinski definition) is 3. The molecule has 0 bridgehead atoms. The number of fused-ring (bicyclic) bond motifs is 1. The molecule has 0 unspecified atom stereocenters. The van der Waals surface area contributed by atoms with Gasteiger partial charge < -0.3 is 9.30 Å². The topological polar surface area (TPSA) is 48.3 Å². The highest BCUT2D eigenvalue weighted by atomic mass is 16.5. The Morgan fingerprint density at radius 1 is 0.929 bits per heavy atom. The van der Waals surface area contributed by atoms with E-state index in [9.17, 15) is 9.59 Å². The average Bonchev–Trinajstić information content (AvgIpc) is 3.07. The van der Waals surface area contributed by atoms with Crippen molar-refractivity contribution >= 4 is 23.2 Å². The van der Waals surface area contributed by atoms with Gasteiger partial charge in [0, 0.05) is 28.6 Å². The van der Waals surface area contributed by atoms with Gasteiger partial charge in [0.2, 0.25) is 0 Å². The Labute approximate surface area is 163 Å². The quantitative estimate of drug-likeness (QED) is 0.369. The summed E-state index contributed by atoms with van der Waals surface area (Å²) in [5, 5.41) is 0.864. The van der Waals surface area contributed by atoms with Crippen LogP contribution >= 0.6 is 0 Å². The highest BCUT2D eigenvalue weighted by Crippen LogP contribution is 2.35. The van der Waals surface area contributed by atoms with Gasteiger partial charge in [-0.1, -0.05) is 66.7 Å². The molecule has 1 aromatic heterocycles. The number of para-hydroxylation sites is 1. The number of methoxy groups -OCH3 is 1. The van der Waals surface area contributed by atoms with E-state index >= 15 is 0 Å². The van der Waals surface area contributed by atoms with Gasteiger partial charge in [0.05, 0.1) is 18.4 Å². The monoisotopic (exact) mass is 369 g/mol. The van der Waals surface area contributed by atoms with Crippen LogP contribution < -0.4 is 0 Å². The van der Waals surface area contributed by atoms with Crippen molar-refractivity contribution in [3.05, 3.63) is 95.6 Å². The molecule has 0 aliphatic rings. The summed E-state index contributed by atoms with van der Waals surface area (Å²) >= 11 is 0. The van der Waals surface area contributed by atoms with E-state index in [1.54, 1.807) is 12.1 Å². The van der Waals surface area contributed by atoms with Crippen molar-refractivity contribution in [2.24, 2.45) is 0 Å². The van der Waals surface area contributed by atoms with Crippen molar-refractivity contribution in [2.45, 2.75) is 6.54 Å². The second-order valence-electron chi connectivity index (χ2n) is 6.51. The summed E-state index contributed by atoms with van der Waals surface area (Å²) in [6.45, 7) is 0.583. The molecule has 28 heavy (non-hydrogen) atoms. The van der Waals surface area contributed by atoms with Gasteiger partial charge in [-0.3, -0.25) is 4.79 Å². The molecule has 3 aromatic carbocycles. The normalized spacial score (nSPS) is 10.8. The minimum Gasteiger partial charge on any atom is -0.465 e. The smallest absolute Gasteiger partial charge is 0.338 e. The first kappa shape index (κ1) is 17.7. The van der Waals surface area contributed by atoms with Gasteiger partial charge in [-0.25, -0.2) is 4.79 Å². The Balaban J connectivity index is 2.04. The number of aromatic nitrogens is 1. The first-order valence-corrected chi connectivity index (χ1v) is 9.02. The van der Waals surface area contributed by atoms with Crippen LogP contribution in [0.5, 0.6) is 0 Å². The molecule has 0 fully saturated rings. The number of aldehydes is 1. The van der Waals surface area contributed by atoms with Crippen molar-refractivity contribution in [1.29, 1.82) is 0 Å². The first-order chi connectivity index (χ1) is 13.7. The molecule has 0 aliphatic heterocycles. The SMILES string of the molecule is COC(=O)c1ccccc1-c1c(C=O)c2ccccc2n1Cc1ccccc1. The lowest BCUT2D eigenvalue weighted by Crippen LogP contribution is -2.08. The van der Waals surface area contributed by atoms with E-state index in [1.807, 2.05) is 66.7 Å². The van der Waals surface area contributed by atoms with Gasteiger partial charge in [-0.15, -0.1) is 0 Å². The van der Waals surface area contributed by atoms with Crippen molar-refractivity contribution in [3.63, 3.8) is 0 Å². The standard InChI is InChI=1S/C24H19NO3/c1-28-24(27)20-13-6-5-12-19(20)23-21(16-26)18-11-7-8-14-22(18)25(23)15-17-9-3-2-4-10-17/h2-14,16H,15H2,1H3. The summed E-state index contributed by atoms with van der Waals surface area (Å²) < 4.78 is 7.06. The lowest BCUT2D eigenvalue weighted by molar-refractivity contribution is 0.0601. The van der Waals surface area contributed by atoms with Crippen molar-refractivity contribution in [1.82, 2.24) is 4.57 Å². The highest BCUT2D eigenvalue weighted by Gasteiger charge is 2.22. The molecule has 0 saturated carbocycles. The summed E-state index contributed by atoms with van der Waals surface area (Å²) in [5.74, 6) is -0.427. The van der Waals surface area contributed by atoms with Crippen LogP contribution in [0.4, 0.5) is 0 Å². The maximum atomic E-state index is 12.4. The number of esters is 1.